The monoisotopic (exact) mass is 423 g/mol. The quantitative estimate of drug-likeness (QED) is 0.672. The number of carbonyl (C=O) groups is 1. The van der Waals surface area contributed by atoms with E-state index in [2.05, 4.69) is 15.1 Å². The molecule has 24 heavy (non-hydrogen) atoms. The van der Waals surface area contributed by atoms with Crippen molar-refractivity contribution in [3.63, 3.8) is 0 Å². The zero-order chi connectivity index (χ0) is 16.8. The minimum absolute atomic E-state index is 0.258. The molecular formula is C19H18InNO3. The van der Waals surface area contributed by atoms with Crippen molar-refractivity contribution >= 4 is 33.4 Å². The Morgan fingerprint density at radius 2 is 1.62 bits per heavy atom. The molecule has 1 heterocycles. The van der Waals surface area contributed by atoms with Gasteiger partial charge in [-0.05, 0) is 0 Å². The van der Waals surface area contributed by atoms with Gasteiger partial charge in [-0.25, -0.2) is 0 Å². The fourth-order valence-electron chi connectivity index (χ4n) is 2.59. The summed E-state index contributed by atoms with van der Waals surface area (Å²) in [7, 11) is 1.65. The zero-order valence-corrected chi connectivity index (χ0v) is 16.8. The summed E-state index contributed by atoms with van der Waals surface area (Å²) < 4.78 is 17.3. The summed E-state index contributed by atoms with van der Waals surface area (Å²) in [5.41, 5.74) is 2.60. The number of ether oxygens (including phenoxy) is 2. The van der Waals surface area contributed by atoms with Crippen molar-refractivity contribution < 1.29 is 14.3 Å². The molecule has 4 nitrogen and oxygen atoms in total. The van der Waals surface area contributed by atoms with Crippen LogP contribution in [0.25, 0.3) is 0 Å². The van der Waals surface area contributed by atoms with E-state index in [1.165, 1.54) is 5.56 Å². The van der Waals surface area contributed by atoms with Crippen molar-refractivity contribution in [2.24, 2.45) is 2.98 Å². The summed E-state index contributed by atoms with van der Waals surface area (Å²) in [6.07, 6.45) is 1.76. The van der Waals surface area contributed by atoms with E-state index in [0.29, 0.717) is 5.71 Å². The van der Waals surface area contributed by atoms with Crippen LogP contribution in [0.4, 0.5) is 0 Å². The molecule has 0 N–H and O–H groups in total. The van der Waals surface area contributed by atoms with Crippen LogP contribution in [0, 0.1) is 0 Å². The van der Waals surface area contributed by atoms with Gasteiger partial charge in [-0.2, -0.15) is 0 Å². The molecule has 0 amide bonds. The van der Waals surface area contributed by atoms with E-state index in [4.69, 9.17) is 9.47 Å². The number of methoxy groups -OCH3 is 1. The molecule has 1 aliphatic heterocycles. The van der Waals surface area contributed by atoms with Gasteiger partial charge in [0.05, 0.1) is 0 Å². The van der Waals surface area contributed by atoms with Crippen molar-refractivity contribution in [3.05, 3.63) is 81.4 Å². The van der Waals surface area contributed by atoms with Crippen molar-refractivity contribution in [2.45, 2.75) is 10.8 Å². The summed E-state index contributed by atoms with van der Waals surface area (Å²) in [5, 5.41) is 0. The van der Waals surface area contributed by atoms with E-state index in [1.807, 2.05) is 48.5 Å². The van der Waals surface area contributed by atoms with Gasteiger partial charge in [0.25, 0.3) is 0 Å². The van der Waals surface area contributed by atoms with E-state index >= 15 is 0 Å². The predicted molar refractivity (Wildman–Crippen MR) is 94.7 cm³/mol. The zero-order valence-electron chi connectivity index (χ0n) is 13.5. The summed E-state index contributed by atoms with van der Waals surface area (Å²) in [6.45, 7) is 0.258. The minimum atomic E-state index is -2.49. The van der Waals surface area contributed by atoms with Crippen molar-refractivity contribution in [1.29, 1.82) is 0 Å². The summed E-state index contributed by atoms with van der Waals surface area (Å²) in [6, 6.07) is 19.8. The second kappa shape index (κ2) is 8.20. The van der Waals surface area contributed by atoms with Crippen LogP contribution >= 0.6 is 0 Å². The second-order valence-electron chi connectivity index (χ2n) is 5.53. The summed E-state index contributed by atoms with van der Waals surface area (Å²) >= 11 is -2.49. The third-order valence-corrected chi connectivity index (χ3v) is 11.0. The second-order valence-corrected chi connectivity index (χ2v) is 12.0. The molecule has 0 aliphatic carbocycles. The van der Waals surface area contributed by atoms with E-state index in [-0.39, 0.29) is 12.6 Å². The molecule has 0 atom stereocenters. The Bertz CT molecular complexity index is 757. The van der Waals surface area contributed by atoms with E-state index in [0.717, 1.165) is 13.3 Å². The van der Waals surface area contributed by atoms with E-state index in [9.17, 15) is 4.79 Å². The molecule has 0 saturated carbocycles. The van der Waals surface area contributed by atoms with E-state index in [1.54, 1.807) is 13.2 Å². The molecule has 0 fully saturated rings. The molecule has 0 bridgehead atoms. The summed E-state index contributed by atoms with van der Waals surface area (Å²) in [5.74, 6) is -0.374. The fourth-order valence-corrected chi connectivity index (χ4v) is 9.08. The van der Waals surface area contributed by atoms with E-state index < -0.39 is 21.7 Å². The van der Waals surface area contributed by atoms with Crippen LogP contribution < -0.4 is 0 Å². The van der Waals surface area contributed by atoms with Gasteiger partial charge in [0.1, 0.15) is 0 Å². The fraction of sp³-hybridized carbons (Fsp3) is 0.158. The van der Waals surface area contributed by atoms with Crippen LogP contribution in [-0.4, -0.2) is 40.5 Å². The van der Waals surface area contributed by atoms with Gasteiger partial charge in [0, 0.05) is 0 Å². The normalized spacial score (nSPS) is 13.3. The molecule has 0 spiro atoms. The first-order valence-corrected chi connectivity index (χ1v) is 13.3. The van der Waals surface area contributed by atoms with Crippen LogP contribution in [0.5, 0.6) is 0 Å². The van der Waals surface area contributed by atoms with Gasteiger partial charge in [-0.1, -0.05) is 0 Å². The number of hydrogen-bond donors (Lipinski definition) is 0. The van der Waals surface area contributed by atoms with Gasteiger partial charge in [-0.3, -0.25) is 0 Å². The molecule has 2 aromatic rings. The van der Waals surface area contributed by atoms with Gasteiger partial charge in [0.2, 0.25) is 0 Å². The number of nitrogens with zero attached hydrogens (tertiary/aromatic N) is 1. The van der Waals surface area contributed by atoms with Crippen LogP contribution in [0.1, 0.15) is 11.1 Å². The number of hydrogen-bond acceptors (Lipinski definition) is 4. The molecule has 0 radical (unpaired) electrons. The number of carbonyl (C=O) groups excluding carboxylic acids is 1. The Balaban J connectivity index is 1.65. The Morgan fingerprint density at radius 1 is 1.00 bits per heavy atom. The SMILES string of the molecule is CO[C]1=CC(C(=O)OCc2ccccc2)=[N][In]1[CH2]c1ccccc1. The molecule has 5 heteroatoms. The maximum atomic E-state index is 12.3. The third-order valence-electron chi connectivity index (χ3n) is 3.83. The molecule has 1 aliphatic rings. The Labute approximate surface area is 149 Å². The predicted octanol–water partition coefficient (Wildman–Crippen LogP) is 3.03. The Hall–Kier alpha value is -2.01. The molecule has 0 saturated heterocycles. The molecule has 2 aromatic carbocycles. The van der Waals surface area contributed by atoms with Crippen LogP contribution in [0.2, 0.25) is 0 Å². The molecule has 0 unspecified atom stereocenters. The van der Waals surface area contributed by atoms with Gasteiger partial charge in [-0.15, -0.1) is 0 Å². The molecule has 120 valence electrons. The average molecular weight is 423 g/mol. The topological polar surface area (TPSA) is 47.9 Å². The first kappa shape index (κ1) is 16.8. The number of benzene rings is 2. The third kappa shape index (κ3) is 4.29. The van der Waals surface area contributed by atoms with Crippen LogP contribution in [-0.2, 0) is 25.1 Å². The first-order chi connectivity index (χ1) is 11.8. The van der Waals surface area contributed by atoms with Crippen LogP contribution in [0.3, 0.4) is 0 Å². The number of rotatable bonds is 6. The van der Waals surface area contributed by atoms with Crippen molar-refractivity contribution in [2.75, 3.05) is 7.11 Å². The standard InChI is InChI=1S/C12H11NO3.C7H7.In/c1-15-8-7-11(13)12(14)16-9-10-5-3-2-4-6-10;1-7-5-3-2-4-6-7;/h2-7H,9H2,1H3;2-6H,1H2;/q-1;;+1. The average Bonchev–Trinajstić information content (AvgIpc) is 3.04. The number of esters is 1. The Morgan fingerprint density at radius 3 is 2.25 bits per heavy atom. The Kier molecular flexibility index (Phi) is 5.75. The van der Waals surface area contributed by atoms with Gasteiger partial charge < -0.3 is 0 Å². The van der Waals surface area contributed by atoms with Gasteiger partial charge in [0.15, 0.2) is 0 Å². The molecule has 0 aromatic heterocycles. The van der Waals surface area contributed by atoms with Crippen LogP contribution in [0.15, 0.2) is 73.2 Å². The maximum absolute atomic E-state index is 12.3. The van der Waals surface area contributed by atoms with Crippen molar-refractivity contribution in [3.8, 4) is 0 Å². The van der Waals surface area contributed by atoms with Crippen molar-refractivity contribution in [1.82, 2.24) is 0 Å². The van der Waals surface area contributed by atoms with Gasteiger partial charge >= 0.3 is 150 Å². The summed E-state index contributed by atoms with van der Waals surface area (Å²) in [4.78, 5) is 12.3. The first-order valence-electron chi connectivity index (χ1n) is 7.84. The molecular weight excluding hydrogens is 405 g/mol. The molecule has 3 rings (SSSR count).